The van der Waals surface area contributed by atoms with Gasteiger partial charge in [-0.3, -0.25) is 19.3 Å². The lowest BCUT2D eigenvalue weighted by molar-refractivity contribution is -0.134. The van der Waals surface area contributed by atoms with Crippen LogP contribution in [0.15, 0.2) is 60.7 Å². The highest BCUT2D eigenvalue weighted by atomic mass is 16.5. The van der Waals surface area contributed by atoms with E-state index in [0.29, 0.717) is 18.8 Å². The van der Waals surface area contributed by atoms with Gasteiger partial charge in [0.25, 0.3) is 5.91 Å². The molecule has 7 heteroatoms. The van der Waals surface area contributed by atoms with E-state index in [1.165, 1.54) is 17.7 Å². The van der Waals surface area contributed by atoms with Gasteiger partial charge in [-0.05, 0) is 35.8 Å². The third kappa shape index (κ3) is 4.55. The maximum absolute atomic E-state index is 12.5. The van der Waals surface area contributed by atoms with E-state index in [0.717, 1.165) is 16.9 Å². The van der Waals surface area contributed by atoms with Gasteiger partial charge in [-0.15, -0.1) is 0 Å². The van der Waals surface area contributed by atoms with E-state index in [1.807, 2.05) is 36.4 Å². The summed E-state index contributed by atoms with van der Waals surface area (Å²) in [6.45, 7) is 0.667. The molecule has 158 valence electrons. The Morgan fingerprint density at radius 2 is 1.65 bits per heavy atom. The summed E-state index contributed by atoms with van der Waals surface area (Å²) in [6.07, 6.45) is 3.09. The fourth-order valence-corrected chi connectivity index (χ4v) is 3.75. The van der Waals surface area contributed by atoms with Gasteiger partial charge < -0.3 is 9.64 Å². The second kappa shape index (κ2) is 8.95. The van der Waals surface area contributed by atoms with Crippen molar-refractivity contribution in [1.82, 2.24) is 4.90 Å². The van der Waals surface area contributed by atoms with E-state index in [2.05, 4.69) is 0 Å². The Morgan fingerprint density at radius 1 is 0.903 bits per heavy atom. The second-order valence-corrected chi connectivity index (χ2v) is 7.43. The summed E-state index contributed by atoms with van der Waals surface area (Å²) in [7, 11) is 0. The number of ether oxygens (including phenoxy) is 1. The molecule has 0 atom stereocenters. The van der Waals surface area contributed by atoms with Crippen LogP contribution in [0.4, 0.5) is 5.69 Å². The normalized spacial score (nSPS) is 16.3. The molecule has 1 saturated heterocycles. The van der Waals surface area contributed by atoms with Gasteiger partial charge in [0.15, 0.2) is 6.61 Å². The van der Waals surface area contributed by atoms with Gasteiger partial charge in [0.2, 0.25) is 11.8 Å². The molecule has 31 heavy (non-hydrogen) atoms. The molecule has 0 N–H and O–H groups in total. The SMILES string of the molecule is O=C(OCC(=O)N1CC=C(c2ccccc2)CC1)c1cccc(N2C(=O)CCC2=O)c1. The van der Waals surface area contributed by atoms with E-state index in [1.54, 1.807) is 17.0 Å². The summed E-state index contributed by atoms with van der Waals surface area (Å²) in [5.41, 5.74) is 2.87. The minimum atomic E-state index is -0.674. The number of rotatable bonds is 5. The standard InChI is InChI=1S/C24H22N2O5/c27-21-9-10-22(28)26(21)20-8-4-7-19(15-20)24(30)31-16-23(29)25-13-11-18(12-14-25)17-5-2-1-3-6-17/h1-8,11,15H,9-10,12-14,16H2. The zero-order valence-electron chi connectivity index (χ0n) is 17.0. The third-order valence-corrected chi connectivity index (χ3v) is 5.42. The Balaban J connectivity index is 1.34. The van der Waals surface area contributed by atoms with Gasteiger partial charge in [0.1, 0.15) is 0 Å². The average molecular weight is 418 g/mol. The minimum Gasteiger partial charge on any atom is -0.452 e. The molecule has 0 aliphatic carbocycles. The number of benzene rings is 2. The van der Waals surface area contributed by atoms with Gasteiger partial charge in [-0.1, -0.05) is 42.5 Å². The first-order valence-electron chi connectivity index (χ1n) is 10.2. The molecule has 0 radical (unpaired) electrons. The molecule has 2 aliphatic rings. The molecule has 0 aromatic heterocycles. The van der Waals surface area contributed by atoms with Crippen molar-refractivity contribution < 1.29 is 23.9 Å². The number of amides is 3. The summed E-state index contributed by atoms with van der Waals surface area (Å²) < 4.78 is 5.19. The largest absolute Gasteiger partial charge is 0.452 e. The Kier molecular flexibility index (Phi) is 5.93. The van der Waals surface area contributed by atoms with Crippen LogP contribution in [0.3, 0.4) is 0 Å². The summed E-state index contributed by atoms with van der Waals surface area (Å²) in [6, 6.07) is 16.1. The van der Waals surface area contributed by atoms with Crippen LogP contribution in [0.5, 0.6) is 0 Å². The Morgan fingerprint density at radius 3 is 2.32 bits per heavy atom. The molecule has 7 nitrogen and oxygen atoms in total. The third-order valence-electron chi connectivity index (χ3n) is 5.42. The highest BCUT2D eigenvalue weighted by molar-refractivity contribution is 6.20. The van der Waals surface area contributed by atoms with Crippen LogP contribution in [-0.2, 0) is 19.1 Å². The van der Waals surface area contributed by atoms with Crippen molar-refractivity contribution in [2.24, 2.45) is 0 Å². The smallest absolute Gasteiger partial charge is 0.338 e. The molecule has 0 saturated carbocycles. The monoisotopic (exact) mass is 418 g/mol. The maximum atomic E-state index is 12.5. The topological polar surface area (TPSA) is 84.0 Å². The molecule has 2 heterocycles. The second-order valence-electron chi connectivity index (χ2n) is 7.43. The summed E-state index contributed by atoms with van der Waals surface area (Å²) in [5, 5.41) is 0. The van der Waals surface area contributed by atoms with Crippen molar-refractivity contribution >= 4 is 35.0 Å². The van der Waals surface area contributed by atoms with E-state index >= 15 is 0 Å². The first kappa shape index (κ1) is 20.5. The number of anilines is 1. The van der Waals surface area contributed by atoms with Gasteiger partial charge >= 0.3 is 5.97 Å². The number of carbonyl (C=O) groups is 4. The Hall–Kier alpha value is -3.74. The number of hydrogen-bond acceptors (Lipinski definition) is 5. The van der Waals surface area contributed by atoms with Crippen LogP contribution < -0.4 is 4.90 Å². The van der Waals surface area contributed by atoms with Crippen LogP contribution in [0, 0.1) is 0 Å². The van der Waals surface area contributed by atoms with Crippen molar-refractivity contribution in [3.05, 3.63) is 71.8 Å². The predicted molar refractivity (Wildman–Crippen MR) is 114 cm³/mol. The van der Waals surface area contributed by atoms with Crippen LogP contribution in [0.2, 0.25) is 0 Å². The van der Waals surface area contributed by atoms with E-state index in [9.17, 15) is 19.2 Å². The van der Waals surface area contributed by atoms with Crippen molar-refractivity contribution in [3.63, 3.8) is 0 Å². The lowest BCUT2D eigenvalue weighted by Crippen LogP contribution is -2.37. The number of nitrogens with zero attached hydrogens (tertiary/aromatic N) is 2. The lowest BCUT2D eigenvalue weighted by Gasteiger charge is -2.26. The van der Waals surface area contributed by atoms with Crippen LogP contribution >= 0.6 is 0 Å². The molecular formula is C24H22N2O5. The van der Waals surface area contributed by atoms with Crippen LogP contribution in [-0.4, -0.2) is 48.3 Å². The first-order valence-corrected chi connectivity index (χ1v) is 10.2. The fraction of sp³-hybridized carbons (Fsp3) is 0.250. The molecule has 2 aliphatic heterocycles. The van der Waals surface area contributed by atoms with E-state index in [-0.39, 0.29) is 42.7 Å². The van der Waals surface area contributed by atoms with Crippen LogP contribution in [0.25, 0.3) is 5.57 Å². The van der Waals surface area contributed by atoms with E-state index < -0.39 is 5.97 Å². The quantitative estimate of drug-likeness (QED) is 0.551. The average Bonchev–Trinajstić information content (AvgIpc) is 3.15. The number of imide groups is 1. The molecule has 3 amide bonds. The molecule has 0 unspecified atom stereocenters. The van der Waals surface area contributed by atoms with Gasteiger partial charge in [-0.2, -0.15) is 0 Å². The highest BCUT2D eigenvalue weighted by Crippen LogP contribution is 2.24. The molecule has 0 spiro atoms. The molecule has 0 bridgehead atoms. The predicted octanol–water partition coefficient (Wildman–Crippen LogP) is 2.81. The van der Waals surface area contributed by atoms with Gasteiger partial charge in [0, 0.05) is 25.9 Å². The number of esters is 1. The van der Waals surface area contributed by atoms with Crippen molar-refractivity contribution in [2.75, 3.05) is 24.6 Å². The van der Waals surface area contributed by atoms with Crippen molar-refractivity contribution in [3.8, 4) is 0 Å². The molecule has 2 aromatic rings. The van der Waals surface area contributed by atoms with Crippen molar-refractivity contribution in [2.45, 2.75) is 19.3 Å². The fourth-order valence-electron chi connectivity index (χ4n) is 3.75. The summed E-state index contributed by atoms with van der Waals surface area (Å²) in [5.74, 6) is -1.53. The van der Waals surface area contributed by atoms with Gasteiger partial charge in [-0.25, -0.2) is 4.79 Å². The zero-order chi connectivity index (χ0) is 21.8. The molecule has 2 aromatic carbocycles. The van der Waals surface area contributed by atoms with Crippen molar-refractivity contribution in [1.29, 1.82) is 0 Å². The Bertz CT molecular complexity index is 1040. The molecule has 4 rings (SSSR count). The molecular weight excluding hydrogens is 396 g/mol. The Labute approximate surface area is 179 Å². The van der Waals surface area contributed by atoms with Gasteiger partial charge in [0.05, 0.1) is 11.3 Å². The minimum absolute atomic E-state index is 0.165. The zero-order valence-corrected chi connectivity index (χ0v) is 17.0. The van der Waals surface area contributed by atoms with Crippen LogP contribution in [0.1, 0.15) is 35.2 Å². The molecule has 1 fully saturated rings. The lowest BCUT2D eigenvalue weighted by atomic mass is 10.00. The number of hydrogen-bond donors (Lipinski definition) is 0. The summed E-state index contributed by atoms with van der Waals surface area (Å²) >= 11 is 0. The summed E-state index contributed by atoms with van der Waals surface area (Å²) in [4.78, 5) is 51.4. The number of carbonyl (C=O) groups excluding carboxylic acids is 4. The van der Waals surface area contributed by atoms with E-state index in [4.69, 9.17) is 4.74 Å². The highest BCUT2D eigenvalue weighted by Gasteiger charge is 2.30. The first-order chi connectivity index (χ1) is 15.0. The maximum Gasteiger partial charge on any atom is 0.338 e.